The van der Waals surface area contributed by atoms with E-state index in [2.05, 4.69) is 15.8 Å². The summed E-state index contributed by atoms with van der Waals surface area (Å²) in [5.41, 5.74) is 7.26. The van der Waals surface area contributed by atoms with Gasteiger partial charge in [0.15, 0.2) is 0 Å². The molecule has 0 fully saturated rings. The van der Waals surface area contributed by atoms with Crippen LogP contribution >= 0.6 is 23.2 Å². The lowest BCUT2D eigenvalue weighted by Crippen LogP contribution is -2.17. The summed E-state index contributed by atoms with van der Waals surface area (Å²) < 4.78 is 2.03. The van der Waals surface area contributed by atoms with E-state index in [4.69, 9.17) is 23.2 Å². The van der Waals surface area contributed by atoms with Gasteiger partial charge in [-0.05, 0) is 62.4 Å². The summed E-state index contributed by atoms with van der Waals surface area (Å²) in [6.45, 7) is 5.36. The molecule has 1 heterocycles. The molecule has 0 aliphatic heterocycles. The maximum atomic E-state index is 12.3. The van der Waals surface area contributed by atoms with Crippen molar-refractivity contribution in [2.24, 2.45) is 5.10 Å². The minimum atomic E-state index is -0.348. The number of nitrogens with zero attached hydrogens (tertiary/aromatic N) is 2. The minimum absolute atomic E-state index is 0.171. The topological polar surface area (TPSA) is 75.5 Å². The van der Waals surface area contributed by atoms with Gasteiger partial charge in [0.1, 0.15) is 0 Å². The number of carbonyl (C=O) groups excluding carboxylic acids is 2. The molecule has 0 radical (unpaired) electrons. The van der Waals surface area contributed by atoms with E-state index in [1.165, 1.54) is 6.92 Å². The van der Waals surface area contributed by atoms with Crippen LogP contribution < -0.4 is 10.7 Å². The van der Waals surface area contributed by atoms with Crippen LogP contribution in [-0.4, -0.2) is 22.6 Å². The number of halogens is 2. The number of rotatable bonds is 5. The zero-order chi connectivity index (χ0) is 21.8. The molecule has 30 heavy (non-hydrogen) atoms. The van der Waals surface area contributed by atoms with Gasteiger partial charge in [-0.25, -0.2) is 5.43 Å². The lowest BCUT2D eigenvalue weighted by atomic mass is 10.2. The van der Waals surface area contributed by atoms with Gasteiger partial charge in [0, 0.05) is 40.8 Å². The van der Waals surface area contributed by atoms with E-state index in [1.807, 2.05) is 30.5 Å². The second-order valence-corrected chi connectivity index (χ2v) is 7.53. The number of amides is 2. The van der Waals surface area contributed by atoms with Gasteiger partial charge in [-0.3, -0.25) is 9.59 Å². The Labute approximate surface area is 184 Å². The average Bonchev–Trinajstić information content (AvgIpc) is 2.97. The molecule has 0 saturated heterocycles. The maximum Gasteiger partial charge on any atom is 0.271 e. The van der Waals surface area contributed by atoms with Gasteiger partial charge >= 0.3 is 0 Å². The highest BCUT2D eigenvalue weighted by Crippen LogP contribution is 2.27. The predicted molar refractivity (Wildman–Crippen MR) is 121 cm³/mol. The third-order valence-corrected chi connectivity index (χ3v) is 5.21. The van der Waals surface area contributed by atoms with Crippen molar-refractivity contribution < 1.29 is 9.59 Å². The summed E-state index contributed by atoms with van der Waals surface area (Å²) in [6, 6.07) is 14.0. The van der Waals surface area contributed by atoms with Crippen LogP contribution in [0.3, 0.4) is 0 Å². The van der Waals surface area contributed by atoms with Crippen molar-refractivity contribution in [2.45, 2.75) is 20.8 Å². The lowest BCUT2D eigenvalue weighted by molar-refractivity contribution is -0.114. The summed E-state index contributed by atoms with van der Waals surface area (Å²) in [4.78, 5) is 23.3. The van der Waals surface area contributed by atoms with E-state index >= 15 is 0 Å². The molecule has 154 valence electrons. The van der Waals surface area contributed by atoms with Crippen LogP contribution in [0.2, 0.25) is 10.0 Å². The van der Waals surface area contributed by atoms with Gasteiger partial charge in [-0.2, -0.15) is 5.10 Å². The first kappa shape index (κ1) is 21.6. The number of aromatic nitrogens is 1. The highest BCUT2D eigenvalue weighted by atomic mass is 35.5. The maximum absolute atomic E-state index is 12.3. The largest absolute Gasteiger partial charge is 0.326 e. The molecule has 2 aromatic carbocycles. The van der Waals surface area contributed by atoms with Crippen molar-refractivity contribution >= 4 is 46.9 Å². The van der Waals surface area contributed by atoms with Crippen LogP contribution in [-0.2, 0) is 4.79 Å². The van der Waals surface area contributed by atoms with Gasteiger partial charge in [-0.15, -0.1) is 0 Å². The third kappa shape index (κ3) is 4.90. The molecule has 3 rings (SSSR count). The molecule has 8 heteroatoms. The molecule has 0 spiro atoms. The normalized spacial score (nSPS) is 11.0. The van der Waals surface area contributed by atoms with Crippen molar-refractivity contribution in [3.05, 3.63) is 81.1 Å². The summed E-state index contributed by atoms with van der Waals surface area (Å²) in [6.07, 6.45) is 1.60. The molecule has 0 bridgehead atoms. The number of carbonyl (C=O) groups is 2. The highest BCUT2D eigenvalue weighted by Gasteiger charge is 2.11. The van der Waals surface area contributed by atoms with E-state index < -0.39 is 0 Å². The molecular weight excluding hydrogens is 423 g/mol. The lowest BCUT2D eigenvalue weighted by Gasteiger charge is -2.10. The van der Waals surface area contributed by atoms with Crippen LogP contribution in [0, 0.1) is 13.8 Å². The molecule has 0 atom stereocenters. The molecule has 6 nitrogen and oxygen atoms in total. The van der Waals surface area contributed by atoms with Crippen molar-refractivity contribution in [1.82, 2.24) is 9.99 Å². The predicted octanol–water partition coefficient (Wildman–Crippen LogP) is 5.12. The van der Waals surface area contributed by atoms with Crippen LogP contribution in [0.1, 0.15) is 34.2 Å². The number of hydrazone groups is 1. The standard InChI is InChI=1S/C22H20Cl2N4O2/c1-13-10-17(14(2)28(13)19-8-9-20(23)21(24)11-19)12-25-27-22(30)16-4-6-18(7-5-16)26-15(3)29/h4-12H,1-3H3,(H,26,29)(H,27,30)/b25-12-. The van der Waals surface area contributed by atoms with Gasteiger partial charge in [0.2, 0.25) is 5.91 Å². The minimum Gasteiger partial charge on any atom is -0.326 e. The molecule has 3 aromatic rings. The summed E-state index contributed by atoms with van der Waals surface area (Å²) in [5.74, 6) is -0.519. The smallest absolute Gasteiger partial charge is 0.271 e. The zero-order valence-corrected chi connectivity index (χ0v) is 18.2. The second kappa shape index (κ2) is 9.15. The number of benzene rings is 2. The molecule has 0 saturated carbocycles. The first-order valence-electron chi connectivity index (χ1n) is 9.11. The Morgan fingerprint density at radius 1 is 1.00 bits per heavy atom. The molecule has 0 aliphatic carbocycles. The SMILES string of the molecule is CC(=O)Nc1ccc(C(=O)N/N=C\c2cc(C)n(-c3ccc(Cl)c(Cl)c3)c2C)cc1. The summed E-state index contributed by atoms with van der Waals surface area (Å²) in [5, 5.41) is 7.70. The summed E-state index contributed by atoms with van der Waals surface area (Å²) >= 11 is 12.2. The monoisotopic (exact) mass is 442 g/mol. The highest BCUT2D eigenvalue weighted by molar-refractivity contribution is 6.42. The fraction of sp³-hybridized carbons (Fsp3) is 0.136. The molecule has 1 aromatic heterocycles. The van der Waals surface area contributed by atoms with Gasteiger partial charge < -0.3 is 9.88 Å². The van der Waals surface area contributed by atoms with Crippen LogP contribution in [0.5, 0.6) is 0 Å². The van der Waals surface area contributed by atoms with Crippen LogP contribution in [0.15, 0.2) is 53.6 Å². The van der Waals surface area contributed by atoms with E-state index in [0.29, 0.717) is 21.3 Å². The fourth-order valence-electron chi connectivity index (χ4n) is 3.07. The molecule has 2 amide bonds. The van der Waals surface area contributed by atoms with Crippen LogP contribution in [0.4, 0.5) is 5.69 Å². The second-order valence-electron chi connectivity index (χ2n) is 6.72. The number of hydrogen-bond acceptors (Lipinski definition) is 3. The molecule has 0 aliphatic rings. The number of aryl methyl sites for hydroxylation is 1. The number of nitrogens with one attached hydrogen (secondary N) is 2. The first-order valence-corrected chi connectivity index (χ1v) is 9.87. The fourth-order valence-corrected chi connectivity index (χ4v) is 3.37. The van der Waals surface area contributed by atoms with Crippen LogP contribution in [0.25, 0.3) is 5.69 Å². The molecule has 2 N–H and O–H groups in total. The Balaban J connectivity index is 1.73. The van der Waals surface area contributed by atoms with Crippen molar-refractivity contribution in [2.75, 3.05) is 5.32 Å². The van der Waals surface area contributed by atoms with Crippen molar-refractivity contribution in [3.8, 4) is 5.69 Å². The Hall–Kier alpha value is -3.09. The van der Waals surface area contributed by atoms with E-state index in [-0.39, 0.29) is 11.8 Å². The Morgan fingerprint density at radius 3 is 2.33 bits per heavy atom. The van der Waals surface area contributed by atoms with Crippen molar-refractivity contribution in [3.63, 3.8) is 0 Å². The van der Waals surface area contributed by atoms with Gasteiger partial charge in [0.05, 0.1) is 16.3 Å². The Morgan fingerprint density at radius 2 is 1.70 bits per heavy atom. The third-order valence-electron chi connectivity index (χ3n) is 4.47. The van der Waals surface area contributed by atoms with E-state index in [9.17, 15) is 9.59 Å². The van der Waals surface area contributed by atoms with Crippen molar-refractivity contribution in [1.29, 1.82) is 0 Å². The van der Waals surface area contributed by atoms with E-state index in [1.54, 1.807) is 42.6 Å². The molecular formula is C22H20Cl2N4O2. The first-order chi connectivity index (χ1) is 14.3. The molecule has 0 unspecified atom stereocenters. The Kier molecular flexibility index (Phi) is 6.59. The quantitative estimate of drug-likeness (QED) is 0.424. The number of hydrogen-bond donors (Lipinski definition) is 2. The van der Waals surface area contributed by atoms with Gasteiger partial charge in [-0.1, -0.05) is 23.2 Å². The van der Waals surface area contributed by atoms with E-state index in [0.717, 1.165) is 22.6 Å². The van der Waals surface area contributed by atoms with Gasteiger partial charge in [0.25, 0.3) is 5.91 Å². The Bertz CT molecular complexity index is 1130. The zero-order valence-electron chi connectivity index (χ0n) is 16.7. The summed E-state index contributed by atoms with van der Waals surface area (Å²) in [7, 11) is 0. The number of anilines is 1. The average molecular weight is 443 g/mol.